The van der Waals surface area contributed by atoms with Gasteiger partial charge in [0.25, 0.3) is 0 Å². The van der Waals surface area contributed by atoms with Gasteiger partial charge in [0.05, 0.1) is 6.54 Å². The second-order valence-electron chi connectivity index (χ2n) is 3.93. The molecule has 0 bridgehead atoms. The molecule has 0 spiro atoms. The highest BCUT2D eigenvalue weighted by atomic mass is 16.6. The van der Waals surface area contributed by atoms with E-state index in [-0.39, 0.29) is 6.61 Å². The Kier molecular flexibility index (Phi) is 3.66. The molecule has 2 N–H and O–H groups in total. The SMILES string of the molecule is NC(=O)N(CCc1ccccc1)N1CCOC1=O. The van der Waals surface area contributed by atoms with E-state index >= 15 is 0 Å². The highest BCUT2D eigenvalue weighted by molar-refractivity contribution is 5.77. The van der Waals surface area contributed by atoms with Crippen LogP contribution in [-0.4, -0.2) is 41.8 Å². The van der Waals surface area contributed by atoms with Crippen LogP contribution < -0.4 is 5.73 Å². The first kappa shape index (κ1) is 12.2. The highest BCUT2D eigenvalue weighted by Crippen LogP contribution is 2.09. The minimum Gasteiger partial charge on any atom is -0.446 e. The normalized spacial score (nSPS) is 14.4. The van der Waals surface area contributed by atoms with Gasteiger partial charge in [0.1, 0.15) is 6.61 Å². The molecule has 1 aromatic rings. The number of amides is 3. The molecule has 6 heteroatoms. The Morgan fingerprint density at radius 2 is 2.11 bits per heavy atom. The van der Waals surface area contributed by atoms with E-state index in [1.165, 1.54) is 10.0 Å². The molecule has 0 saturated carbocycles. The number of carbonyl (C=O) groups excluding carboxylic acids is 2. The number of primary amides is 1. The zero-order valence-corrected chi connectivity index (χ0v) is 9.91. The Labute approximate surface area is 105 Å². The molecule has 0 aliphatic carbocycles. The second kappa shape index (κ2) is 5.39. The lowest BCUT2D eigenvalue weighted by atomic mass is 10.1. The minimum absolute atomic E-state index is 0.286. The number of carbonyl (C=O) groups is 2. The number of urea groups is 1. The van der Waals surface area contributed by atoms with Crippen molar-refractivity contribution in [2.75, 3.05) is 19.7 Å². The third kappa shape index (κ3) is 2.71. The Balaban J connectivity index is 1.99. The van der Waals surface area contributed by atoms with Crippen molar-refractivity contribution >= 4 is 12.1 Å². The number of hydrazine groups is 1. The summed E-state index contributed by atoms with van der Waals surface area (Å²) < 4.78 is 4.79. The van der Waals surface area contributed by atoms with Crippen LogP contribution in [0.2, 0.25) is 0 Å². The fourth-order valence-electron chi connectivity index (χ4n) is 1.83. The Morgan fingerprint density at radius 3 is 2.67 bits per heavy atom. The van der Waals surface area contributed by atoms with Gasteiger partial charge in [-0.3, -0.25) is 0 Å². The summed E-state index contributed by atoms with van der Waals surface area (Å²) in [6.45, 7) is 0.999. The maximum Gasteiger partial charge on any atom is 0.429 e. The lowest BCUT2D eigenvalue weighted by Crippen LogP contribution is -2.50. The molecule has 0 aromatic heterocycles. The van der Waals surface area contributed by atoms with Gasteiger partial charge < -0.3 is 10.5 Å². The highest BCUT2D eigenvalue weighted by Gasteiger charge is 2.30. The fraction of sp³-hybridized carbons (Fsp3) is 0.333. The molecule has 1 fully saturated rings. The Bertz CT molecular complexity index is 435. The van der Waals surface area contributed by atoms with Crippen molar-refractivity contribution in [2.45, 2.75) is 6.42 Å². The summed E-state index contributed by atoms with van der Waals surface area (Å²) in [5.41, 5.74) is 6.36. The van der Waals surface area contributed by atoms with Crippen molar-refractivity contribution in [1.82, 2.24) is 10.0 Å². The molecule has 0 atom stereocenters. The maximum absolute atomic E-state index is 11.4. The molecule has 6 nitrogen and oxygen atoms in total. The molecule has 1 aliphatic heterocycles. The summed E-state index contributed by atoms with van der Waals surface area (Å²) in [7, 11) is 0. The summed E-state index contributed by atoms with van der Waals surface area (Å²) in [5.74, 6) is 0. The van der Waals surface area contributed by atoms with Crippen LogP contribution in [0.25, 0.3) is 0 Å². The second-order valence-corrected chi connectivity index (χ2v) is 3.93. The largest absolute Gasteiger partial charge is 0.446 e. The van der Waals surface area contributed by atoms with E-state index in [2.05, 4.69) is 0 Å². The number of nitrogens with zero attached hydrogens (tertiary/aromatic N) is 2. The van der Waals surface area contributed by atoms with E-state index < -0.39 is 12.1 Å². The zero-order chi connectivity index (χ0) is 13.0. The summed E-state index contributed by atoms with van der Waals surface area (Å²) in [6.07, 6.45) is 0.106. The zero-order valence-electron chi connectivity index (χ0n) is 9.91. The van der Waals surface area contributed by atoms with Crippen molar-refractivity contribution in [3.63, 3.8) is 0 Å². The monoisotopic (exact) mass is 249 g/mol. The van der Waals surface area contributed by atoms with Gasteiger partial charge in [0, 0.05) is 6.54 Å². The van der Waals surface area contributed by atoms with Crippen LogP contribution >= 0.6 is 0 Å². The van der Waals surface area contributed by atoms with Gasteiger partial charge in [-0.1, -0.05) is 30.3 Å². The van der Waals surface area contributed by atoms with Crippen molar-refractivity contribution in [2.24, 2.45) is 5.73 Å². The van der Waals surface area contributed by atoms with Gasteiger partial charge >= 0.3 is 12.1 Å². The summed E-state index contributed by atoms with van der Waals surface area (Å²) in [5, 5.41) is 2.47. The molecule has 0 unspecified atom stereocenters. The van der Waals surface area contributed by atoms with E-state index in [1.54, 1.807) is 0 Å². The number of ether oxygens (including phenoxy) is 1. The van der Waals surface area contributed by atoms with Crippen molar-refractivity contribution in [1.29, 1.82) is 0 Å². The first-order valence-electron chi connectivity index (χ1n) is 5.73. The number of cyclic esters (lactones) is 1. The predicted molar refractivity (Wildman–Crippen MR) is 64.5 cm³/mol. The van der Waals surface area contributed by atoms with Crippen LogP contribution in [0.3, 0.4) is 0 Å². The molecule has 0 radical (unpaired) electrons. The molecular formula is C12H15N3O3. The smallest absolute Gasteiger partial charge is 0.429 e. The maximum atomic E-state index is 11.4. The number of hydrogen-bond donors (Lipinski definition) is 1. The van der Waals surface area contributed by atoms with Gasteiger partial charge in [-0.15, -0.1) is 0 Å². The number of hydrogen-bond acceptors (Lipinski definition) is 3. The third-order valence-corrected chi connectivity index (χ3v) is 2.74. The van der Waals surface area contributed by atoms with Gasteiger partial charge in [-0.05, 0) is 12.0 Å². The van der Waals surface area contributed by atoms with Crippen molar-refractivity contribution in [3.8, 4) is 0 Å². The number of nitrogens with two attached hydrogens (primary N) is 1. The molecule has 2 rings (SSSR count). The van der Waals surface area contributed by atoms with E-state index in [9.17, 15) is 9.59 Å². The Hall–Kier alpha value is -2.24. The van der Waals surface area contributed by atoms with Crippen LogP contribution in [0.15, 0.2) is 30.3 Å². The number of rotatable bonds is 4. The van der Waals surface area contributed by atoms with Crippen LogP contribution in [-0.2, 0) is 11.2 Å². The van der Waals surface area contributed by atoms with Gasteiger partial charge in [0.2, 0.25) is 0 Å². The fourth-order valence-corrected chi connectivity index (χ4v) is 1.83. The first-order valence-corrected chi connectivity index (χ1v) is 5.73. The van der Waals surface area contributed by atoms with E-state index in [0.29, 0.717) is 19.5 Å². The van der Waals surface area contributed by atoms with E-state index in [4.69, 9.17) is 10.5 Å². The lowest BCUT2D eigenvalue weighted by Gasteiger charge is -2.27. The molecule has 96 valence electrons. The average molecular weight is 249 g/mol. The molecular weight excluding hydrogens is 234 g/mol. The third-order valence-electron chi connectivity index (χ3n) is 2.74. The van der Waals surface area contributed by atoms with Gasteiger partial charge in [0.15, 0.2) is 0 Å². The minimum atomic E-state index is -0.648. The molecule has 1 aliphatic rings. The molecule has 1 saturated heterocycles. The van der Waals surface area contributed by atoms with Crippen LogP contribution in [0, 0.1) is 0 Å². The summed E-state index contributed by atoms with van der Waals surface area (Å²) in [6, 6.07) is 9.04. The first-order chi connectivity index (χ1) is 8.68. The van der Waals surface area contributed by atoms with Crippen LogP contribution in [0.5, 0.6) is 0 Å². The van der Waals surface area contributed by atoms with E-state index in [1.807, 2.05) is 30.3 Å². The Morgan fingerprint density at radius 1 is 1.39 bits per heavy atom. The number of benzene rings is 1. The van der Waals surface area contributed by atoms with Crippen LogP contribution in [0.1, 0.15) is 5.56 Å². The predicted octanol–water partition coefficient (Wildman–Crippen LogP) is 0.977. The van der Waals surface area contributed by atoms with Crippen LogP contribution in [0.4, 0.5) is 9.59 Å². The quantitative estimate of drug-likeness (QED) is 0.864. The molecule has 3 amide bonds. The molecule has 1 heterocycles. The summed E-state index contributed by atoms with van der Waals surface area (Å²) in [4.78, 5) is 22.7. The average Bonchev–Trinajstić information content (AvgIpc) is 2.77. The van der Waals surface area contributed by atoms with Gasteiger partial charge in [-0.2, -0.15) is 0 Å². The van der Waals surface area contributed by atoms with Crippen molar-refractivity contribution in [3.05, 3.63) is 35.9 Å². The molecule has 1 aromatic carbocycles. The molecule has 18 heavy (non-hydrogen) atoms. The van der Waals surface area contributed by atoms with Crippen molar-refractivity contribution < 1.29 is 14.3 Å². The van der Waals surface area contributed by atoms with E-state index in [0.717, 1.165) is 5.56 Å². The topological polar surface area (TPSA) is 75.9 Å². The summed E-state index contributed by atoms with van der Waals surface area (Å²) >= 11 is 0. The standard InChI is InChI=1S/C12H15N3O3/c13-11(16)14(15-8-9-18-12(15)17)7-6-10-4-2-1-3-5-10/h1-5H,6-9H2,(H2,13,16). The van der Waals surface area contributed by atoms with Gasteiger partial charge in [-0.25, -0.2) is 19.6 Å². The lowest BCUT2D eigenvalue weighted by molar-refractivity contribution is 0.0584.